The SMILES string of the molecule is CC1C2C=CC(C2)C1C(=O)O.CCC1C2C=CC(C2)C1C(=O)O. The van der Waals surface area contributed by atoms with Crippen LogP contribution < -0.4 is 0 Å². The summed E-state index contributed by atoms with van der Waals surface area (Å²) in [6.07, 6.45) is 11.7. The maximum atomic E-state index is 10.9. The Morgan fingerprint density at radius 3 is 1.74 bits per heavy atom. The molecule has 126 valence electrons. The van der Waals surface area contributed by atoms with Gasteiger partial charge < -0.3 is 10.2 Å². The van der Waals surface area contributed by atoms with Crippen molar-refractivity contribution in [3.63, 3.8) is 0 Å². The zero-order valence-electron chi connectivity index (χ0n) is 13.8. The Morgan fingerprint density at radius 2 is 1.35 bits per heavy atom. The molecule has 4 rings (SSSR count). The molecule has 8 atom stereocenters. The van der Waals surface area contributed by atoms with E-state index in [9.17, 15) is 9.59 Å². The van der Waals surface area contributed by atoms with Crippen molar-refractivity contribution in [1.82, 2.24) is 0 Å². The summed E-state index contributed by atoms with van der Waals surface area (Å²) in [5, 5.41) is 17.9. The summed E-state index contributed by atoms with van der Waals surface area (Å²) in [5.74, 6) is 1.09. The molecule has 0 aromatic rings. The predicted octanol–water partition coefficient (Wildman–Crippen LogP) is 3.45. The molecule has 4 aliphatic rings. The molecule has 0 amide bonds. The number of rotatable bonds is 3. The van der Waals surface area contributed by atoms with Gasteiger partial charge in [-0.3, -0.25) is 9.59 Å². The van der Waals surface area contributed by atoms with Crippen LogP contribution in [-0.4, -0.2) is 22.2 Å². The third kappa shape index (κ3) is 2.73. The van der Waals surface area contributed by atoms with Gasteiger partial charge in [-0.25, -0.2) is 0 Å². The molecule has 0 saturated heterocycles. The van der Waals surface area contributed by atoms with Gasteiger partial charge in [0.1, 0.15) is 0 Å². The fourth-order valence-electron chi connectivity index (χ4n) is 5.32. The zero-order chi connectivity index (χ0) is 16.7. The fourth-order valence-corrected chi connectivity index (χ4v) is 5.32. The average Bonchev–Trinajstić information content (AvgIpc) is 3.25. The van der Waals surface area contributed by atoms with Gasteiger partial charge in [-0.1, -0.05) is 44.6 Å². The molecule has 4 nitrogen and oxygen atoms in total. The van der Waals surface area contributed by atoms with Gasteiger partial charge in [-0.15, -0.1) is 0 Å². The van der Waals surface area contributed by atoms with Crippen LogP contribution in [0.15, 0.2) is 24.3 Å². The van der Waals surface area contributed by atoms with Crippen molar-refractivity contribution in [3.05, 3.63) is 24.3 Å². The van der Waals surface area contributed by atoms with E-state index < -0.39 is 11.9 Å². The second-order valence-corrected chi connectivity index (χ2v) is 7.56. The second-order valence-electron chi connectivity index (χ2n) is 7.56. The van der Waals surface area contributed by atoms with Gasteiger partial charge >= 0.3 is 11.9 Å². The highest BCUT2D eigenvalue weighted by Gasteiger charge is 2.47. The van der Waals surface area contributed by atoms with Crippen LogP contribution in [0, 0.1) is 47.3 Å². The van der Waals surface area contributed by atoms with Crippen molar-refractivity contribution in [3.8, 4) is 0 Å². The van der Waals surface area contributed by atoms with Crippen LogP contribution in [0.2, 0.25) is 0 Å². The Hall–Kier alpha value is -1.58. The minimum Gasteiger partial charge on any atom is -0.481 e. The summed E-state index contributed by atoms with van der Waals surface area (Å²) in [4.78, 5) is 21.7. The molecule has 0 spiro atoms. The number of hydrogen-bond acceptors (Lipinski definition) is 2. The van der Waals surface area contributed by atoms with E-state index in [2.05, 4.69) is 31.2 Å². The van der Waals surface area contributed by atoms with Crippen molar-refractivity contribution >= 4 is 11.9 Å². The number of carbonyl (C=O) groups is 2. The average molecular weight is 318 g/mol. The van der Waals surface area contributed by atoms with E-state index >= 15 is 0 Å². The van der Waals surface area contributed by atoms with Gasteiger partial charge in [0.2, 0.25) is 0 Å². The Kier molecular flexibility index (Phi) is 4.35. The summed E-state index contributed by atoms with van der Waals surface area (Å²) in [7, 11) is 0. The van der Waals surface area contributed by atoms with Crippen molar-refractivity contribution in [2.75, 3.05) is 0 Å². The van der Waals surface area contributed by atoms with E-state index in [1.807, 2.05) is 6.92 Å². The van der Waals surface area contributed by atoms with Gasteiger partial charge in [0.15, 0.2) is 0 Å². The van der Waals surface area contributed by atoms with Crippen molar-refractivity contribution in [2.24, 2.45) is 47.3 Å². The number of carboxylic acid groups (broad SMARTS) is 2. The first kappa shape index (κ1) is 16.3. The van der Waals surface area contributed by atoms with Crippen LogP contribution in [0.25, 0.3) is 0 Å². The van der Waals surface area contributed by atoms with Crippen molar-refractivity contribution in [2.45, 2.75) is 33.1 Å². The minimum absolute atomic E-state index is 0.0926. The third-order valence-electron chi connectivity index (χ3n) is 6.52. The first-order valence-corrected chi connectivity index (χ1v) is 8.76. The van der Waals surface area contributed by atoms with Crippen molar-refractivity contribution in [1.29, 1.82) is 0 Å². The summed E-state index contributed by atoms with van der Waals surface area (Å²) in [6, 6.07) is 0. The molecule has 2 N–H and O–H groups in total. The van der Waals surface area contributed by atoms with E-state index in [4.69, 9.17) is 10.2 Å². The standard InChI is InChI=1S/C10H14O2.C9H12O2/c1-2-8-6-3-4-7(5-6)9(8)10(11)12;1-5-6-2-3-7(4-6)8(5)9(10)11/h3-4,6-9H,2,5H2,1H3,(H,11,12);2-3,5-8H,4H2,1H3,(H,10,11). The molecule has 2 saturated carbocycles. The van der Waals surface area contributed by atoms with Crippen LogP contribution >= 0.6 is 0 Å². The first-order chi connectivity index (χ1) is 10.9. The Morgan fingerprint density at radius 1 is 0.870 bits per heavy atom. The van der Waals surface area contributed by atoms with Crippen LogP contribution in [0.3, 0.4) is 0 Å². The molecule has 0 aromatic heterocycles. The lowest BCUT2D eigenvalue weighted by atomic mass is 9.81. The van der Waals surface area contributed by atoms with E-state index in [-0.39, 0.29) is 11.8 Å². The summed E-state index contributed by atoms with van der Waals surface area (Å²) >= 11 is 0. The fraction of sp³-hybridized carbons (Fsp3) is 0.684. The molecule has 2 fully saturated rings. The Bertz CT molecular complexity index is 550. The van der Waals surface area contributed by atoms with Gasteiger partial charge in [0.05, 0.1) is 11.8 Å². The summed E-state index contributed by atoms with van der Waals surface area (Å²) < 4.78 is 0. The third-order valence-corrected chi connectivity index (χ3v) is 6.52. The number of hydrogen-bond donors (Lipinski definition) is 2. The molecule has 4 bridgehead atoms. The topological polar surface area (TPSA) is 74.6 Å². The maximum absolute atomic E-state index is 10.9. The monoisotopic (exact) mass is 318 g/mol. The predicted molar refractivity (Wildman–Crippen MR) is 86.7 cm³/mol. The Balaban J connectivity index is 0.000000136. The number of aliphatic carboxylic acids is 2. The maximum Gasteiger partial charge on any atom is 0.307 e. The molecule has 4 aliphatic carbocycles. The molecule has 0 radical (unpaired) electrons. The smallest absolute Gasteiger partial charge is 0.307 e. The normalized spacial score (nSPS) is 45.1. The first-order valence-electron chi connectivity index (χ1n) is 8.76. The van der Waals surface area contributed by atoms with Crippen LogP contribution in [-0.2, 0) is 9.59 Å². The highest BCUT2D eigenvalue weighted by atomic mass is 16.4. The lowest BCUT2D eigenvalue weighted by Gasteiger charge is -2.22. The van der Waals surface area contributed by atoms with Crippen LogP contribution in [0.1, 0.15) is 33.1 Å². The van der Waals surface area contributed by atoms with Gasteiger partial charge in [0.25, 0.3) is 0 Å². The molecule has 23 heavy (non-hydrogen) atoms. The molecule has 4 heteroatoms. The van der Waals surface area contributed by atoms with E-state index in [0.29, 0.717) is 35.5 Å². The molecule has 8 unspecified atom stereocenters. The van der Waals surface area contributed by atoms with Crippen molar-refractivity contribution < 1.29 is 19.8 Å². The largest absolute Gasteiger partial charge is 0.481 e. The minimum atomic E-state index is -0.616. The van der Waals surface area contributed by atoms with E-state index in [1.165, 1.54) is 0 Å². The molecule has 0 aromatic carbocycles. The zero-order valence-corrected chi connectivity index (χ0v) is 13.8. The van der Waals surface area contributed by atoms with Gasteiger partial charge in [-0.2, -0.15) is 0 Å². The lowest BCUT2D eigenvalue weighted by Crippen LogP contribution is -2.26. The highest BCUT2D eigenvalue weighted by molar-refractivity contribution is 5.72. The number of carboxylic acids is 2. The van der Waals surface area contributed by atoms with E-state index in [1.54, 1.807) is 0 Å². The number of allylic oxidation sites excluding steroid dienone is 4. The highest BCUT2D eigenvalue weighted by Crippen LogP contribution is 2.49. The molecule has 0 heterocycles. The second kappa shape index (κ2) is 6.14. The quantitative estimate of drug-likeness (QED) is 0.782. The van der Waals surface area contributed by atoms with E-state index in [0.717, 1.165) is 19.3 Å². The molecular weight excluding hydrogens is 292 g/mol. The van der Waals surface area contributed by atoms with Gasteiger partial charge in [0, 0.05) is 0 Å². The summed E-state index contributed by atoms with van der Waals surface area (Å²) in [6.45, 7) is 4.14. The lowest BCUT2D eigenvalue weighted by molar-refractivity contribution is -0.145. The van der Waals surface area contributed by atoms with Crippen LogP contribution in [0.5, 0.6) is 0 Å². The van der Waals surface area contributed by atoms with Gasteiger partial charge in [-0.05, 0) is 48.3 Å². The number of fused-ring (bicyclic) bond motifs is 4. The van der Waals surface area contributed by atoms with Crippen LogP contribution in [0.4, 0.5) is 0 Å². The Labute approximate surface area is 137 Å². The molecular formula is C19H26O4. The summed E-state index contributed by atoms with van der Waals surface area (Å²) in [5.41, 5.74) is 0. The molecule has 0 aliphatic heterocycles.